The predicted molar refractivity (Wildman–Crippen MR) is 173 cm³/mol. The Kier molecular flexibility index (Phi) is 6.94. The summed E-state index contributed by atoms with van der Waals surface area (Å²) < 4.78 is 19.6. The zero-order valence-corrected chi connectivity index (χ0v) is 26.9. The zero-order chi connectivity index (χ0) is 30.4. The fraction of sp³-hybridized carbons (Fsp3) is 0.500. The third-order valence-electron chi connectivity index (χ3n) is 10.6. The number of carboxylic acids is 1. The van der Waals surface area contributed by atoms with Gasteiger partial charge in [-0.3, -0.25) is 0 Å². The normalized spacial score (nSPS) is 28.9. The van der Waals surface area contributed by atoms with Crippen molar-refractivity contribution in [2.75, 3.05) is 11.4 Å². The number of hydrogen-bond acceptors (Lipinski definition) is 8. The highest BCUT2D eigenvalue weighted by molar-refractivity contribution is 7.22. The molecule has 5 fully saturated rings. The summed E-state index contributed by atoms with van der Waals surface area (Å²) in [4.78, 5) is 19.7. The molecule has 3 saturated heterocycles. The van der Waals surface area contributed by atoms with Crippen molar-refractivity contribution < 1.29 is 23.9 Å². The van der Waals surface area contributed by atoms with E-state index in [0.717, 1.165) is 90.1 Å². The second-order valence-corrected chi connectivity index (χ2v) is 15.3. The van der Waals surface area contributed by atoms with E-state index in [1.165, 1.54) is 0 Å². The van der Waals surface area contributed by atoms with E-state index in [1.54, 1.807) is 17.4 Å². The first-order chi connectivity index (χ1) is 21.9. The molecule has 0 radical (unpaired) electrons. The maximum atomic E-state index is 12.1. The van der Waals surface area contributed by atoms with E-state index in [0.29, 0.717) is 51.4 Å². The van der Waals surface area contributed by atoms with Crippen molar-refractivity contribution in [1.29, 1.82) is 0 Å². The van der Waals surface area contributed by atoms with Crippen molar-refractivity contribution in [2.45, 2.75) is 94.2 Å². The Morgan fingerprint density at radius 3 is 2.51 bits per heavy atom. The smallest absolute Gasteiger partial charge is 0.335 e. The minimum absolute atomic E-state index is 0.129. The Morgan fingerprint density at radius 1 is 1.04 bits per heavy atom. The first-order valence-electron chi connectivity index (χ1n) is 16.0. The number of fused-ring (bicyclic) bond motifs is 5. The summed E-state index contributed by atoms with van der Waals surface area (Å²) in [5.74, 6) is 1.06. The zero-order valence-electron chi connectivity index (χ0n) is 24.6. The van der Waals surface area contributed by atoms with Gasteiger partial charge in [0.05, 0.1) is 50.7 Å². The summed E-state index contributed by atoms with van der Waals surface area (Å²) in [6.07, 6.45) is 8.91. The topological polar surface area (TPSA) is 97.9 Å². The van der Waals surface area contributed by atoms with Crippen LogP contribution in [0.15, 0.2) is 34.9 Å². The lowest BCUT2D eigenvalue weighted by molar-refractivity contribution is -0.00361. The maximum Gasteiger partial charge on any atom is 0.335 e. The van der Waals surface area contributed by atoms with Crippen LogP contribution in [0.5, 0.6) is 0 Å². The van der Waals surface area contributed by atoms with E-state index < -0.39 is 5.97 Å². The summed E-state index contributed by atoms with van der Waals surface area (Å²) in [5.41, 5.74) is 4.73. The minimum Gasteiger partial charge on any atom is -0.478 e. The van der Waals surface area contributed by atoms with Crippen LogP contribution in [-0.2, 0) is 16.1 Å². The molecule has 4 bridgehead atoms. The number of halogens is 2. The van der Waals surface area contributed by atoms with E-state index in [-0.39, 0.29) is 24.2 Å². The number of thiazole rings is 1. The van der Waals surface area contributed by atoms with Crippen molar-refractivity contribution in [3.8, 4) is 11.3 Å². The number of benzene rings is 2. The lowest BCUT2D eigenvalue weighted by Crippen LogP contribution is -2.38. The van der Waals surface area contributed by atoms with E-state index >= 15 is 0 Å². The largest absolute Gasteiger partial charge is 0.478 e. The molecule has 6 atom stereocenters. The van der Waals surface area contributed by atoms with Crippen LogP contribution in [0.2, 0.25) is 10.0 Å². The fourth-order valence-electron chi connectivity index (χ4n) is 8.30. The molecule has 0 amide bonds. The Labute approximate surface area is 274 Å². The average Bonchev–Trinajstić information content (AvgIpc) is 3.39. The van der Waals surface area contributed by atoms with Gasteiger partial charge >= 0.3 is 5.97 Å². The fourth-order valence-corrected chi connectivity index (χ4v) is 9.99. The molecule has 4 aromatic rings. The van der Waals surface area contributed by atoms with Crippen LogP contribution in [-0.4, -0.2) is 52.1 Å². The molecule has 0 unspecified atom stereocenters. The van der Waals surface area contributed by atoms with E-state index in [2.05, 4.69) is 10.1 Å². The monoisotopic (exact) mass is 665 g/mol. The van der Waals surface area contributed by atoms with Gasteiger partial charge in [-0.25, -0.2) is 9.78 Å². The van der Waals surface area contributed by atoms with Gasteiger partial charge in [0.2, 0.25) is 0 Å². The first-order valence-corrected chi connectivity index (χ1v) is 17.6. The number of hydrogen-bond donors (Lipinski definition) is 1. The number of nitrogens with zero attached hydrogens (tertiary/aromatic N) is 3. The molecule has 5 aliphatic rings. The Morgan fingerprint density at radius 2 is 1.82 bits per heavy atom. The maximum absolute atomic E-state index is 12.1. The molecular weight excluding hydrogens is 633 g/mol. The number of aromatic nitrogens is 2. The number of anilines is 1. The summed E-state index contributed by atoms with van der Waals surface area (Å²) in [5, 5.41) is 16.4. The summed E-state index contributed by atoms with van der Waals surface area (Å²) in [6, 6.07) is 9.49. The highest BCUT2D eigenvalue weighted by Gasteiger charge is 2.47. The lowest BCUT2D eigenvalue weighted by Gasteiger charge is -2.31. The van der Waals surface area contributed by atoms with Crippen LogP contribution in [0.1, 0.15) is 90.4 Å². The van der Waals surface area contributed by atoms with Gasteiger partial charge in [-0.1, -0.05) is 45.8 Å². The van der Waals surface area contributed by atoms with Crippen LogP contribution in [0.3, 0.4) is 0 Å². The number of carboxylic acid groups (broad SMARTS) is 1. The highest BCUT2D eigenvalue weighted by atomic mass is 35.5. The van der Waals surface area contributed by atoms with Crippen LogP contribution in [0, 0.1) is 5.92 Å². The van der Waals surface area contributed by atoms with E-state index in [9.17, 15) is 9.90 Å². The third kappa shape index (κ3) is 4.97. The molecule has 45 heavy (non-hydrogen) atoms. The highest BCUT2D eigenvalue weighted by Crippen LogP contribution is 2.49. The van der Waals surface area contributed by atoms with Crippen LogP contribution in [0.4, 0.5) is 5.13 Å². The second-order valence-electron chi connectivity index (χ2n) is 13.5. The predicted octanol–water partition coefficient (Wildman–Crippen LogP) is 8.44. The molecule has 8 nitrogen and oxygen atoms in total. The summed E-state index contributed by atoms with van der Waals surface area (Å²) in [7, 11) is 0. The van der Waals surface area contributed by atoms with Gasteiger partial charge in [0.1, 0.15) is 11.5 Å². The van der Waals surface area contributed by atoms with Crippen LogP contribution < -0.4 is 4.90 Å². The quantitative estimate of drug-likeness (QED) is 0.200. The standard InChI is InChI=1S/C34H33Cl2N3O5S/c35-25-2-1-3-26(36)29(25)31-24(32(44-38-31)16-4-5-16)15-42-27-13-20-8-19(27)14-39(20)34-37-30-23(11-18(33(40)41)12-28(30)45-34)17-9-21-6-7-22(10-17)43-21/h1-3,11-12,16-17,19-22,27H,4-10,13-15H2,(H,40,41)/t17-,19-,20-,21+,22-,27+/m0/s1. The van der Waals surface area contributed by atoms with Crippen molar-refractivity contribution in [1.82, 2.24) is 10.1 Å². The number of rotatable bonds is 8. The van der Waals surface area contributed by atoms with Crippen molar-refractivity contribution >= 4 is 55.9 Å². The van der Waals surface area contributed by atoms with E-state index in [1.807, 2.05) is 24.3 Å². The molecule has 234 valence electrons. The molecule has 9 rings (SSSR count). The van der Waals surface area contributed by atoms with Crippen LogP contribution in [0.25, 0.3) is 21.5 Å². The molecule has 2 aliphatic carbocycles. The van der Waals surface area contributed by atoms with Crippen LogP contribution >= 0.6 is 34.5 Å². The van der Waals surface area contributed by atoms with Gasteiger partial charge in [-0.15, -0.1) is 0 Å². The Bertz CT molecular complexity index is 1790. The number of carbonyl (C=O) groups is 1. The van der Waals surface area contributed by atoms with Gasteiger partial charge in [-0.2, -0.15) is 0 Å². The van der Waals surface area contributed by atoms with Gasteiger partial charge in [-0.05, 0) is 87.1 Å². The van der Waals surface area contributed by atoms with Gasteiger partial charge < -0.3 is 24.0 Å². The van der Waals surface area contributed by atoms with Gasteiger partial charge in [0.25, 0.3) is 0 Å². The van der Waals surface area contributed by atoms with Gasteiger partial charge in [0, 0.05) is 35.5 Å². The molecule has 2 aromatic carbocycles. The molecule has 2 saturated carbocycles. The molecule has 5 heterocycles. The molecule has 11 heteroatoms. The average molecular weight is 667 g/mol. The van der Waals surface area contributed by atoms with Crippen molar-refractivity contribution in [3.63, 3.8) is 0 Å². The molecular formula is C34H33Cl2N3O5S. The Hall–Kier alpha value is -2.69. The molecule has 1 N–H and O–H groups in total. The third-order valence-corrected chi connectivity index (χ3v) is 12.3. The molecule has 0 spiro atoms. The SMILES string of the molecule is O=C(O)c1cc([C@H]2C[C@H]3CC[C@@H](C2)O3)c2nc(N3C[C@@H]4C[C@H]3C[C@H]4OCc3c(-c4c(Cl)cccc4Cl)noc3C3CC3)sc2c1. The molecule has 2 aromatic heterocycles. The minimum atomic E-state index is -0.888. The van der Waals surface area contributed by atoms with E-state index in [4.69, 9.17) is 42.2 Å². The lowest BCUT2D eigenvalue weighted by atomic mass is 9.87. The number of ether oxygens (including phenoxy) is 2. The Balaban J connectivity index is 0.947. The van der Waals surface area contributed by atoms with Crippen molar-refractivity contribution in [2.24, 2.45) is 5.92 Å². The second kappa shape index (κ2) is 10.9. The summed E-state index contributed by atoms with van der Waals surface area (Å²) in [6.45, 7) is 1.29. The molecule has 3 aliphatic heterocycles. The number of piperidine rings is 1. The van der Waals surface area contributed by atoms with Crippen molar-refractivity contribution in [3.05, 3.63) is 62.8 Å². The first kappa shape index (κ1) is 28.5. The number of aromatic carboxylic acids is 1. The van der Waals surface area contributed by atoms with Gasteiger partial charge in [0.15, 0.2) is 5.13 Å². The summed E-state index contributed by atoms with van der Waals surface area (Å²) >= 11 is 14.7.